The minimum absolute atomic E-state index is 0.113. The van der Waals surface area contributed by atoms with Gasteiger partial charge in [0.15, 0.2) is 5.13 Å². The standard InChI is InChI=1S/C14H16ClFN2S/c1-14(2,3)12-10(19-13(17)18-12)7-8-5-4-6-9(15)11(8)16/h4-6H,7H2,1-3H3,(H2,17,18). The van der Waals surface area contributed by atoms with E-state index in [4.69, 9.17) is 17.3 Å². The van der Waals surface area contributed by atoms with Gasteiger partial charge in [0, 0.05) is 16.7 Å². The zero-order valence-electron chi connectivity index (χ0n) is 11.1. The van der Waals surface area contributed by atoms with Crippen molar-refractivity contribution in [2.45, 2.75) is 32.6 Å². The molecule has 0 aliphatic rings. The van der Waals surface area contributed by atoms with Gasteiger partial charge in [0.25, 0.3) is 0 Å². The topological polar surface area (TPSA) is 38.9 Å². The Morgan fingerprint density at radius 1 is 1.37 bits per heavy atom. The Labute approximate surface area is 121 Å². The molecule has 19 heavy (non-hydrogen) atoms. The van der Waals surface area contributed by atoms with E-state index in [0.717, 1.165) is 10.6 Å². The molecular weight excluding hydrogens is 283 g/mol. The highest BCUT2D eigenvalue weighted by Crippen LogP contribution is 2.33. The summed E-state index contributed by atoms with van der Waals surface area (Å²) in [5, 5.41) is 0.662. The Hall–Kier alpha value is -1.13. The summed E-state index contributed by atoms with van der Waals surface area (Å²) in [6, 6.07) is 5.04. The zero-order chi connectivity index (χ0) is 14.2. The molecule has 0 atom stereocenters. The SMILES string of the molecule is CC(C)(C)c1nc(N)sc1Cc1cccc(Cl)c1F. The summed E-state index contributed by atoms with van der Waals surface area (Å²) in [5.74, 6) is -0.365. The first-order valence-electron chi connectivity index (χ1n) is 5.97. The summed E-state index contributed by atoms with van der Waals surface area (Å²) >= 11 is 7.21. The lowest BCUT2D eigenvalue weighted by Crippen LogP contribution is -2.14. The van der Waals surface area contributed by atoms with Crippen LogP contribution in [-0.2, 0) is 11.8 Å². The van der Waals surface area contributed by atoms with Crippen molar-refractivity contribution in [3.63, 3.8) is 0 Å². The Kier molecular flexibility index (Phi) is 3.83. The lowest BCUT2D eigenvalue weighted by Gasteiger charge is -2.17. The first kappa shape index (κ1) is 14.3. The van der Waals surface area contributed by atoms with Gasteiger partial charge >= 0.3 is 0 Å². The minimum Gasteiger partial charge on any atom is -0.375 e. The van der Waals surface area contributed by atoms with Gasteiger partial charge in [-0.3, -0.25) is 0 Å². The van der Waals surface area contributed by atoms with E-state index in [2.05, 4.69) is 25.8 Å². The van der Waals surface area contributed by atoms with E-state index in [1.54, 1.807) is 18.2 Å². The first-order valence-corrected chi connectivity index (χ1v) is 7.17. The van der Waals surface area contributed by atoms with E-state index in [1.807, 2.05) is 0 Å². The highest BCUT2D eigenvalue weighted by atomic mass is 35.5. The van der Waals surface area contributed by atoms with Crippen molar-refractivity contribution in [3.8, 4) is 0 Å². The van der Waals surface area contributed by atoms with Crippen LogP contribution in [0.15, 0.2) is 18.2 Å². The molecule has 2 nitrogen and oxygen atoms in total. The number of nitrogens with two attached hydrogens (primary N) is 1. The Balaban J connectivity index is 2.41. The van der Waals surface area contributed by atoms with Gasteiger partial charge in [0.05, 0.1) is 10.7 Å². The van der Waals surface area contributed by atoms with E-state index < -0.39 is 0 Å². The number of benzene rings is 1. The van der Waals surface area contributed by atoms with Crippen molar-refractivity contribution < 1.29 is 4.39 Å². The summed E-state index contributed by atoms with van der Waals surface area (Å²) < 4.78 is 13.9. The average molecular weight is 299 g/mol. The second kappa shape index (κ2) is 5.10. The number of nitrogens with zero attached hydrogens (tertiary/aromatic N) is 1. The number of hydrogen-bond acceptors (Lipinski definition) is 3. The molecule has 0 saturated carbocycles. The molecule has 0 fully saturated rings. The molecule has 1 heterocycles. The van der Waals surface area contributed by atoms with Gasteiger partial charge in [-0.15, -0.1) is 11.3 Å². The molecule has 2 rings (SSSR count). The molecule has 0 radical (unpaired) electrons. The molecule has 1 aromatic heterocycles. The van der Waals surface area contributed by atoms with Crippen LogP contribution in [0.5, 0.6) is 0 Å². The third-order valence-electron chi connectivity index (χ3n) is 2.81. The van der Waals surface area contributed by atoms with Crippen LogP contribution in [0.25, 0.3) is 0 Å². The van der Waals surface area contributed by atoms with Crippen molar-refractivity contribution in [2.24, 2.45) is 0 Å². The molecule has 0 aliphatic carbocycles. The molecule has 0 unspecified atom stereocenters. The Bertz CT molecular complexity index is 602. The maximum absolute atomic E-state index is 13.9. The van der Waals surface area contributed by atoms with Gasteiger partial charge in [-0.1, -0.05) is 44.5 Å². The molecule has 102 valence electrons. The van der Waals surface area contributed by atoms with Gasteiger partial charge < -0.3 is 5.73 Å². The third-order valence-corrected chi connectivity index (χ3v) is 3.98. The molecule has 1 aromatic carbocycles. The monoisotopic (exact) mass is 298 g/mol. The number of hydrogen-bond donors (Lipinski definition) is 1. The van der Waals surface area contributed by atoms with E-state index in [0.29, 0.717) is 17.1 Å². The van der Waals surface area contributed by atoms with Gasteiger partial charge in [-0.2, -0.15) is 0 Å². The fourth-order valence-electron chi connectivity index (χ4n) is 1.93. The maximum Gasteiger partial charge on any atom is 0.180 e. The van der Waals surface area contributed by atoms with Crippen molar-refractivity contribution in [2.75, 3.05) is 5.73 Å². The van der Waals surface area contributed by atoms with E-state index in [1.165, 1.54) is 11.3 Å². The molecule has 0 saturated heterocycles. The summed E-state index contributed by atoms with van der Waals surface area (Å²) in [7, 11) is 0. The number of halogens is 2. The van der Waals surface area contributed by atoms with Crippen LogP contribution in [0.2, 0.25) is 5.02 Å². The second-order valence-electron chi connectivity index (χ2n) is 5.46. The van der Waals surface area contributed by atoms with Crippen molar-refractivity contribution in [1.29, 1.82) is 0 Å². The van der Waals surface area contributed by atoms with Crippen molar-refractivity contribution >= 4 is 28.1 Å². The average Bonchev–Trinajstić information content (AvgIpc) is 2.66. The molecule has 2 N–H and O–H groups in total. The minimum atomic E-state index is -0.365. The molecule has 0 spiro atoms. The molecule has 5 heteroatoms. The fourth-order valence-corrected chi connectivity index (χ4v) is 3.19. The lowest BCUT2D eigenvalue weighted by atomic mass is 9.90. The van der Waals surface area contributed by atoms with Crippen LogP contribution in [0.1, 0.15) is 36.9 Å². The predicted molar refractivity (Wildman–Crippen MR) is 79.4 cm³/mol. The van der Waals surface area contributed by atoms with E-state index in [9.17, 15) is 4.39 Å². The van der Waals surface area contributed by atoms with Crippen LogP contribution in [0, 0.1) is 5.82 Å². The molecule has 0 bridgehead atoms. The third kappa shape index (κ3) is 3.07. The van der Waals surface area contributed by atoms with Gasteiger partial charge in [-0.25, -0.2) is 9.37 Å². The van der Waals surface area contributed by atoms with E-state index in [-0.39, 0.29) is 16.3 Å². The van der Waals surface area contributed by atoms with Gasteiger partial charge in [-0.05, 0) is 11.6 Å². The molecule has 0 amide bonds. The number of nitrogen functional groups attached to an aromatic ring is 1. The summed E-state index contributed by atoms with van der Waals surface area (Å²) in [6.07, 6.45) is 0.466. The maximum atomic E-state index is 13.9. The van der Waals surface area contributed by atoms with Crippen LogP contribution < -0.4 is 5.73 Å². The van der Waals surface area contributed by atoms with Crippen LogP contribution >= 0.6 is 22.9 Å². The highest BCUT2D eigenvalue weighted by molar-refractivity contribution is 7.15. The first-order chi connectivity index (χ1) is 8.79. The van der Waals surface area contributed by atoms with Crippen LogP contribution in [0.4, 0.5) is 9.52 Å². The summed E-state index contributed by atoms with van der Waals surface area (Å²) in [6.45, 7) is 6.21. The van der Waals surface area contributed by atoms with Crippen LogP contribution in [-0.4, -0.2) is 4.98 Å². The van der Waals surface area contributed by atoms with Gasteiger partial charge in [0.1, 0.15) is 5.82 Å². The molecule has 0 aliphatic heterocycles. The Morgan fingerprint density at radius 2 is 2.05 bits per heavy atom. The number of thiazole rings is 1. The number of aromatic nitrogens is 1. The highest BCUT2D eigenvalue weighted by Gasteiger charge is 2.23. The number of rotatable bonds is 2. The van der Waals surface area contributed by atoms with E-state index >= 15 is 0 Å². The predicted octanol–water partition coefficient (Wildman–Crippen LogP) is 4.41. The zero-order valence-corrected chi connectivity index (χ0v) is 12.7. The quantitative estimate of drug-likeness (QED) is 0.892. The summed E-state index contributed by atoms with van der Waals surface area (Å²) in [4.78, 5) is 5.36. The smallest absolute Gasteiger partial charge is 0.180 e. The van der Waals surface area contributed by atoms with Crippen molar-refractivity contribution in [1.82, 2.24) is 4.98 Å². The Morgan fingerprint density at radius 3 is 2.68 bits per heavy atom. The molecular formula is C14H16ClFN2S. The molecule has 2 aromatic rings. The van der Waals surface area contributed by atoms with Crippen LogP contribution in [0.3, 0.4) is 0 Å². The fraction of sp³-hybridized carbons (Fsp3) is 0.357. The van der Waals surface area contributed by atoms with Gasteiger partial charge in [0.2, 0.25) is 0 Å². The normalized spacial score (nSPS) is 11.8. The number of anilines is 1. The largest absolute Gasteiger partial charge is 0.375 e. The summed E-state index contributed by atoms with van der Waals surface area (Å²) in [5.41, 5.74) is 7.17. The van der Waals surface area contributed by atoms with Crippen molar-refractivity contribution in [3.05, 3.63) is 45.2 Å². The lowest BCUT2D eigenvalue weighted by molar-refractivity contribution is 0.566. The second-order valence-corrected chi connectivity index (χ2v) is 6.99.